The van der Waals surface area contributed by atoms with Gasteiger partial charge in [0.15, 0.2) is 0 Å². The van der Waals surface area contributed by atoms with Gasteiger partial charge in [0.25, 0.3) is 0 Å². The standard InChI is InChI=1S/C72H39N6.Ir/c1-4-19-52(46-37-64-55-22-7-10-25-58(55)67-61(28-13-31-73-67)70(64)76-40-46)49(16-1)43-34-44(50-17-2-5-20-53(50)47-38-65-56-23-8-11-26-59(56)68-62(29-14-32-74-68)71(65)77-41-47)36-45(35-43)51-18-3-6-21-54(51)48-39-66-57-24-9-12-27-60(57)69-63(30-15-33-75-69)72(66)78-42-48;/h1-27,31-42H;/q-3;+3. The van der Waals surface area contributed by atoms with Crippen LogP contribution in [0.4, 0.5) is 0 Å². The summed E-state index contributed by atoms with van der Waals surface area (Å²) in [6.45, 7) is 0. The minimum atomic E-state index is 0. The molecule has 0 bridgehead atoms. The van der Waals surface area contributed by atoms with E-state index in [1.54, 1.807) is 0 Å². The van der Waals surface area contributed by atoms with Crippen molar-refractivity contribution >= 4 is 97.7 Å². The predicted octanol–water partition coefficient (Wildman–Crippen LogP) is 17.8. The van der Waals surface area contributed by atoms with E-state index >= 15 is 0 Å². The molecule has 79 heavy (non-hydrogen) atoms. The smallest absolute Gasteiger partial charge is 0.352 e. The number of hydrogen-bond donors (Lipinski definition) is 0. The molecule has 0 unspecified atom stereocenters. The summed E-state index contributed by atoms with van der Waals surface area (Å²) < 4.78 is 0. The van der Waals surface area contributed by atoms with Gasteiger partial charge < -0.3 is 29.9 Å². The monoisotopic (exact) mass is 1180 g/mol. The van der Waals surface area contributed by atoms with E-state index in [-0.39, 0.29) is 20.1 Å². The second-order valence-corrected chi connectivity index (χ2v) is 19.9. The van der Waals surface area contributed by atoms with Crippen LogP contribution in [0.15, 0.2) is 237 Å². The van der Waals surface area contributed by atoms with Crippen LogP contribution in [-0.2, 0) is 20.1 Å². The molecule has 7 heteroatoms. The van der Waals surface area contributed by atoms with Crippen LogP contribution in [0.2, 0.25) is 0 Å². The van der Waals surface area contributed by atoms with Crippen molar-refractivity contribution in [3.8, 4) is 66.8 Å². The van der Waals surface area contributed by atoms with Crippen molar-refractivity contribution in [3.05, 3.63) is 256 Å². The van der Waals surface area contributed by atoms with Crippen LogP contribution in [0, 0.1) is 18.2 Å². The normalized spacial score (nSPS) is 11.7. The Kier molecular flexibility index (Phi) is 11.0. The quantitative estimate of drug-likeness (QED) is 0.122. The van der Waals surface area contributed by atoms with E-state index in [0.29, 0.717) is 0 Å². The summed E-state index contributed by atoms with van der Waals surface area (Å²) in [5.74, 6) is 0. The van der Waals surface area contributed by atoms with Crippen LogP contribution in [0.1, 0.15) is 0 Å². The fraction of sp³-hybridized carbons (Fsp3) is 0. The van der Waals surface area contributed by atoms with Gasteiger partial charge in [0, 0.05) is 18.6 Å². The molecule has 6 aromatic heterocycles. The van der Waals surface area contributed by atoms with Crippen molar-refractivity contribution in [1.82, 2.24) is 29.9 Å². The van der Waals surface area contributed by atoms with E-state index < -0.39 is 0 Å². The van der Waals surface area contributed by atoms with Gasteiger partial charge in [-0.3, -0.25) is 0 Å². The maximum Gasteiger partial charge on any atom is 3.00 e. The molecule has 0 N–H and O–H groups in total. The number of pyridine rings is 6. The summed E-state index contributed by atoms with van der Waals surface area (Å²) in [5.41, 5.74) is 18.1. The number of rotatable bonds is 6. The van der Waals surface area contributed by atoms with Crippen LogP contribution in [-0.4, -0.2) is 29.9 Å². The van der Waals surface area contributed by atoms with E-state index in [1.807, 2.05) is 55.4 Å². The summed E-state index contributed by atoms with van der Waals surface area (Å²) in [4.78, 5) is 30.0. The van der Waals surface area contributed by atoms with Crippen molar-refractivity contribution in [3.63, 3.8) is 0 Å². The number of nitrogens with zero attached hydrogens (tertiary/aromatic N) is 6. The number of benzene rings is 10. The predicted molar refractivity (Wildman–Crippen MR) is 320 cm³/mol. The Morgan fingerprint density at radius 3 is 0.759 bits per heavy atom. The molecule has 0 spiro atoms. The van der Waals surface area contributed by atoms with Gasteiger partial charge in [0.05, 0.1) is 0 Å². The molecule has 0 aliphatic rings. The van der Waals surface area contributed by atoms with E-state index in [1.165, 1.54) is 0 Å². The van der Waals surface area contributed by atoms with Gasteiger partial charge in [-0.25, -0.2) is 0 Å². The molecule has 366 valence electrons. The van der Waals surface area contributed by atoms with Gasteiger partial charge in [-0.2, -0.15) is 0 Å². The van der Waals surface area contributed by atoms with E-state index in [2.05, 4.69) is 200 Å². The van der Waals surface area contributed by atoms with Crippen molar-refractivity contribution in [2.45, 2.75) is 0 Å². The van der Waals surface area contributed by atoms with Crippen LogP contribution in [0.3, 0.4) is 0 Å². The Labute approximate surface area is 467 Å². The number of aromatic nitrogens is 6. The van der Waals surface area contributed by atoms with Gasteiger partial charge in [0.2, 0.25) is 0 Å². The molecule has 0 saturated heterocycles. The zero-order chi connectivity index (χ0) is 51.3. The van der Waals surface area contributed by atoms with E-state index in [9.17, 15) is 0 Å². The molecule has 6 heterocycles. The third-order valence-corrected chi connectivity index (χ3v) is 15.6. The first-order valence-corrected chi connectivity index (χ1v) is 26.1. The third kappa shape index (κ3) is 7.43. The van der Waals surface area contributed by atoms with Crippen molar-refractivity contribution in [1.29, 1.82) is 0 Å². The molecule has 6 nitrogen and oxygen atoms in total. The Balaban J connectivity index is 0.00000541. The fourth-order valence-corrected chi connectivity index (χ4v) is 12.1. The first-order valence-electron chi connectivity index (χ1n) is 26.1. The fourth-order valence-electron chi connectivity index (χ4n) is 12.1. The second kappa shape index (κ2) is 18.7. The maximum atomic E-state index is 5.21. The Bertz CT molecular complexity index is 4560. The van der Waals surface area contributed by atoms with Crippen molar-refractivity contribution < 1.29 is 20.1 Å². The Hall–Kier alpha value is -9.91. The maximum absolute atomic E-state index is 5.21. The molecule has 0 atom stereocenters. The topological polar surface area (TPSA) is 77.3 Å². The number of fused-ring (bicyclic) bond motifs is 18. The average molecular weight is 1180 g/mol. The summed E-state index contributed by atoms with van der Waals surface area (Å²) in [6, 6.07) is 81.5. The minimum Gasteiger partial charge on any atom is -0.352 e. The van der Waals surface area contributed by atoms with Crippen LogP contribution >= 0.6 is 0 Å². The van der Waals surface area contributed by atoms with Gasteiger partial charge >= 0.3 is 20.1 Å². The van der Waals surface area contributed by atoms with E-state index in [4.69, 9.17) is 29.9 Å². The molecule has 0 radical (unpaired) electrons. The molecule has 16 aromatic rings. The summed E-state index contributed by atoms with van der Waals surface area (Å²) in [5, 5.41) is 12.5. The number of hydrogen-bond acceptors (Lipinski definition) is 6. The van der Waals surface area contributed by atoms with Crippen molar-refractivity contribution in [2.75, 3.05) is 0 Å². The molecule has 0 saturated carbocycles. The zero-order valence-electron chi connectivity index (χ0n) is 42.0. The zero-order valence-corrected chi connectivity index (χ0v) is 44.4. The first-order chi connectivity index (χ1) is 38.7. The molecule has 0 aliphatic heterocycles. The molecular formula is C72H39IrN6. The third-order valence-electron chi connectivity index (χ3n) is 15.6. The van der Waals surface area contributed by atoms with Gasteiger partial charge in [-0.15, -0.1) is 36.4 Å². The van der Waals surface area contributed by atoms with Crippen molar-refractivity contribution in [2.24, 2.45) is 0 Å². The second-order valence-electron chi connectivity index (χ2n) is 19.9. The first kappa shape index (κ1) is 46.4. The summed E-state index contributed by atoms with van der Waals surface area (Å²) >= 11 is 0. The largest absolute Gasteiger partial charge is 3.00 e. The minimum absolute atomic E-state index is 0. The van der Waals surface area contributed by atoms with E-state index in [0.717, 1.165) is 164 Å². The summed E-state index contributed by atoms with van der Waals surface area (Å²) in [6.07, 6.45) is 11.4. The Morgan fingerprint density at radius 2 is 0.468 bits per heavy atom. The molecule has 16 rings (SSSR count). The van der Waals surface area contributed by atoms with Gasteiger partial charge in [-0.05, 0) is 167 Å². The van der Waals surface area contributed by atoms with Gasteiger partial charge in [-0.1, -0.05) is 199 Å². The SMILES string of the molecule is [Ir+3].[c-]1ccnc2c1c1ncc(-c3ccccc3-c3cc(-c4ccccc4-c4cnc5c6[c-]ccnc6c6ccccc6c5c4)cc(-c4ccccc4-c4cnc5c6[c-]ccnc6c6ccccc6c5c4)c3)cc1c1ccccc12. The summed E-state index contributed by atoms with van der Waals surface area (Å²) in [7, 11) is 0. The molecular weight excluding hydrogens is 1140 g/mol. The molecule has 10 aromatic carbocycles. The molecule has 0 fully saturated rings. The molecule has 0 amide bonds. The van der Waals surface area contributed by atoms with Crippen LogP contribution in [0.5, 0.6) is 0 Å². The average Bonchev–Trinajstić information content (AvgIpc) is 3.68. The van der Waals surface area contributed by atoms with Crippen LogP contribution < -0.4 is 0 Å². The Morgan fingerprint density at radius 1 is 0.228 bits per heavy atom. The van der Waals surface area contributed by atoms with Crippen LogP contribution in [0.25, 0.3) is 164 Å². The molecule has 0 aliphatic carbocycles. The van der Waals surface area contributed by atoms with Gasteiger partial charge in [0.1, 0.15) is 0 Å².